The summed E-state index contributed by atoms with van der Waals surface area (Å²) < 4.78 is 1.98. The molecule has 19 heavy (non-hydrogen) atoms. The van der Waals surface area contributed by atoms with Crippen molar-refractivity contribution in [2.75, 3.05) is 12.3 Å². The summed E-state index contributed by atoms with van der Waals surface area (Å²) in [6, 6.07) is 5.36. The highest BCUT2D eigenvalue weighted by atomic mass is 16.1. The minimum atomic E-state index is -0.0737. The van der Waals surface area contributed by atoms with Crippen LogP contribution < -0.4 is 11.1 Å². The van der Waals surface area contributed by atoms with Crippen molar-refractivity contribution in [3.8, 4) is 0 Å². The third-order valence-corrected chi connectivity index (χ3v) is 2.94. The number of hydrogen-bond donors (Lipinski definition) is 2. The van der Waals surface area contributed by atoms with Gasteiger partial charge < -0.3 is 15.6 Å². The van der Waals surface area contributed by atoms with Crippen LogP contribution in [0.15, 0.2) is 36.9 Å². The number of nitrogen functional groups attached to an aromatic ring is 1. The zero-order valence-corrected chi connectivity index (χ0v) is 11.0. The first kappa shape index (κ1) is 13.1. The largest absolute Gasteiger partial charge is 0.399 e. The minimum absolute atomic E-state index is 0.0737. The number of nitrogens with one attached hydrogen (secondary N) is 1. The highest BCUT2D eigenvalue weighted by Gasteiger charge is 2.08. The van der Waals surface area contributed by atoms with Gasteiger partial charge in [0.15, 0.2) is 0 Å². The number of imidazole rings is 1. The fourth-order valence-corrected chi connectivity index (χ4v) is 1.86. The monoisotopic (exact) mass is 258 g/mol. The van der Waals surface area contributed by atoms with Crippen LogP contribution in [0.1, 0.15) is 22.3 Å². The van der Waals surface area contributed by atoms with Gasteiger partial charge in [0.25, 0.3) is 5.91 Å². The Morgan fingerprint density at radius 2 is 2.32 bits per heavy atom. The molecule has 1 heterocycles. The lowest BCUT2D eigenvalue weighted by Crippen LogP contribution is -2.26. The maximum atomic E-state index is 12.0. The van der Waals surface area contributed by atoms with Gasteiger partial charge in [0, 0.05) is 36.7 Å². The van der Waals surface area contributed by atoms with Gasteiger partial charge in [0.05, 0.1) is 6.33 Å². The van der Waals surface area contributed by atoms with E-state index in [9.17, 15) is 4.79 Å². The molecule has 100 valence electrons. The number of aromatic nitrogens is 2. The Morgan fingerprint density at radius 3 is 3.05 bits per heavy atom. The van der Waals surface area contributed by atoms with E-state index in [4.69, 9.17) is 5.73 Å². The molecule has 0 aliphatic heterocycles. The van der Waals surface area contributed by atoms with E-state index in [0.29, 0.717) is 17.8 Å². The van der Waals surface area contributed by atoms with Gasteiger partial charge >= 0.3 is 0 Å². The van der Waals surface area contributed by atoms with Gasteiger partial charge in [0.2, 0.25) is 0 Å². The van der Waals surface area contributed by atoms with Crippen molar-refractivity contribution in [1.29, 1.82) is 0 Å². The molecule has 0 atom stereocenters. The number of aryl methyl sites for hydroxylation is 2. The second-order valence-corrected chi connectivity index (χ2v) is 4.48. The van der Waals surface area contributed by atoms with Crippen LogP contribution in [-0.4, -0.2) is 22.0 Å². The van der Waals surface area contributed by atoms with Crippen LogP contribution in [0.4, 0.5) is 5.69 Å². The number of anilines is 1. The van der Waals surface area contributed by atoms with Gasteiger partial charge in [-0.2, -0.15) is 0 Å². The molecule has 0 saturated carbocycles. The van der Waals surface area contributed by atoms with Crippen LogP contribution in [0.25, 0.3) is 0 Å². The second kappa shape index (κ2) is 6.04. The Hall–Kier alpha value is -2.30. The molecule has 0 fully saturated rings. The molecule has 1 amide bonds. The van der Waals surface area contributed by atoms with Crippen LogP contribution in [0.2, 0.25) is 0 Å². The van der Waals surface area contributed by atoms with Gasteiger partial charge in [-0.3, -0.25) is 4.79 Å². The third-order valence-electron chi connectivity index (χ3n) is 2.94. The normalized spacial score (nSPS) is 10.4. The molecular weight excluding hydrogens is 240 g/mol. The fraction of sp³-hybridized carbons (Fsp3) is 0.286. The van der Waals surface area contributed by atoms with Crippen LogP contribution in [0.3, 0.4) is 0 Å². The van der Waals surface area contributed by atoms with Gasteiger partial charge in [-0.25, -0.2) is 4.98 Å². The first-order chi connectivity index (χ1) is 9.16. The smallest absolute Gasteiger partial charge is 0.251 e. The third kappa shape index (κ3) is 3.58. The average Bonchev–Trinajstić information content (AvgIpc) is 2.90. The van der Waals surface area contributed by atoms with Crippen LogP contribution in [0, 0.1) is 6.92 Å². The zero-order valence-electron chi connectivity index (χ0n) is 11.0. The zero-order chi connectivity index (χ0) is 13.7. The van der Waals surface area contributed by atoms with Crippen molar-refractivity contribution in [2.45, 2.75) is 19.9 Å². The van der Waals surface area contributed by atoms with Crippen molar-refractivity contribution < 1.29 is 4.79 Å². The van der Waals surface area contributed by atoms with E-state index in [0.717, 1.165) is 18.5 Å². The summed E-state index contributed by atoms with van der Waals surface area (Å²) in [5.74, 6) is -0.0737. The highest BCUT2D eigenvalue weighted by molar-refractivity contribution is 5.96. The maximum Gasteiger partial charge on any atom is 0.251 e. The number of nitrogens with two attached hydrogens (primary N) is 1. The Labute approximate surface area is 112 Å². The second-order valence-electron chi connectivity index (χ2n) is 4.48. The molecule has 2 rings (SSSR count). The molecule has 5 heteroatoms. The number of hydrogen-bond acceptors (Lipinski definition) is 3. The van der Waals surface area contributed by atoms with Crippen molar-refractivity contribution in [3.63, 3.8) is 0 Å². The van der Waals surface area contributed by atoms with Gasteiger partial charge in [-0.05, 0) is 31.0 Å². The lowest BCUT2D eigenvalue weighted by Gasteiger charge is -2.08. The van der Waals surface area contributed by atoms with Gasteiger partial charge in [-0.15, -0.1) is 0 Å². The molecule has 2 aromatic rings. The molecular formula is C14H18N4O. The Balaban J connectivity index is 1.82. The molecule has 0 aliphatic carbocycles. The number of carbonyl (C=O) groups is 1. The quantitative estimate of drug-likeness (QED) is 0.632. The SMILES string of the molecule is Cc1ccc(N)cc1C(=O)NCCCn1ccnc1. The summed E-state index contributed by atoms with van der Waals surface area (Å²) >= 11 is 0. The molecule has 0 spiro atoms. The van der Waals surface area contributed by atoms with Crippen LogP contribution in [-0.2, 0) is 6.54 Å². The predicted octanol–water partition coefficient (Wildman–Crippen LogP) is 1.59. The summed E-state index contributed by atoms with van der Waals surface area (Å²) in [7, 11) is 0. The van der Waals surface area contributed by atoms with Crippen LogP contribution in [0.5, 0.6) is 0 Å². The summed E-state index contributed by atoms with van der Waals surface area (Å²) in [6.07, 6.45) is 6.28. The Kier molecular flexibility index (Phi) is 4.18. The van der Waals surface area contributed by atoms with E-state index < -0.39 is 0 Å². The lowest BCUT2D eigenvalue weighted by molar-refractivity contribution is 0.0952. The molecule has 0 bridgehead atoms. The van der Waals surface area contributed by atoms with Gasteiger partial charge in [-0.1, -0.05) is 6.07 Å². The summed E-state index contributed by atoms with van der Waals surface area (Å²) in [5.41, 5.74) is 7.87. The number of benzene rings is 1. The predicted molar refractivity (Wildman–Crippen MR) is 74.8 cm³/mol. The van der Waals surface area contributed by atoms with E-state index in [2.05, 4.69) is 10.3 Å². The number of rotatable bonds is 5. The lowest BCUT2D eigenvalue weighted by atomic mass is 10.1. The van der Waals surface area contributed by atoms with E-state index in [-0.39, 0.29) is 5.91 Å². The summed E-state index contributed by atoms with van der Waals surface area (Å²) in [5, 5.41) is 2.90. The summed E-state index contributed by atoms with van der Waals surface area (Å²) in [4.78, 5) is 16.0. The molecule has 0 saturated heterocycles. The standard InChI is InChI=1S/C14H18N4O/c1-11-3-4-12(15)9-13(11)14(19)17-5-2-7-18-8-6-16-10-18/h3-4,6,8-10H,2,5,7,15H2,1H3,(H,17,19). The first-order valence-corrected chi connectivity index (χ1v) is 6.27. The maximum absolute atomic E-state index is 12.0. The molecule has 0 radical (unpaired) electrons. The average molecular weight is 258 g/mol. The van der Waals surface area contributed by atoms with Crippen molar-refractivity contribution in [2.24, 2.45) is 0 Å². The van der Waals surface area contributed by atoms with E-state index >= 15 is 0 Å². The van der Waals surface area contributed by atoms with Gasteiger partial charge in [0.1, 0.15) is 0 Å². The molecule has 3 N–H and O–H groups in total. The highest BCUT2D eigenvalue weighted by Crippen LogP contribution is 2.12. The van der Waals surface area contributed by atoms with Crippen molar-refractivity contribution >= 4 is 11.6 Å². The topological polar surface area (TPSA) is 72.9 Å². The van der Waals surface area contributed by atoms with E-state index in [1.165, 1.54) is 0 Å². The van der Waals surface area contributed by atoms with E-state index in [1.807, 2.05) is 23.8 Å². The Bertz CT molecular complexity index is 549. The number of nitrogens with zero attached hydrogens (tertiary/aromatic N) is 2. The minimum Gasteiger partial charge on any atom is -0.399 e. The number of carbonyl (C=O) groups excluding carboxylic acids is 1. The van der Waals surface area contributed by atoms with Crippen molar-refractivity contribution in [1.82, 2.24) is 14.9 Å². The van der Waals surface area contributed by atoms with Crippen LogP contribution >= 0.6 is 0 Å². The molecule has 0 unspecified atom stereocenters. The fourth-order valence-electron chi connectivity index (χ4n) is 1.86. The molecule has 0 aliphatic rings. The Morgan fingerprint density at radius 1 is 1.47 bits per heavy atom. The summed E-state index contributed by atoms with van der Waals surface area (Å²) in [6.45, 7) is 3.38. The molecule has 5 nitrogen and oxygen atoms in total. The number of amides is 1. The van der Waals surface area contributed by atoms with Crippen molar-refractivity contribution in [3.05, 3.63) is 48.0 Å². The van der Waals surface area contributed by atoms with E-state index in [1.54, 1.807) is 24.7 Å². The molecule has 1 aromatic carbocycles. The molecule has 1 aromatic heterocycles. The first-order valence-electron chi connectivity index (χ1n) is 6.27.